The molecule has 0 amide bonds. The van der Waals surface area contributed by atoms with E-state index in [1.807, 2.05) is 6.07 Å². The Morgan fingerprint density at radius 3 is 2.95 bits per heavy atom. The molecule has 0 unspecified atom stereocenters. The summed E-state index contributed by atoms with van der Waals surface area (Å²) in [7, 11) is 0. The van der Waals surface area contributed by atoms with Gasteiger partial charge >= 0.3 is 5.97 Å². The first-order valence-corrected chi connectivity index (χ1v) is 6.39. The zero-order valence-corrected chi connectivity index (χ0v) is 10.8. The van der Waals surface area contributed by atoms with Gasteiger partial charge < -0.3 is 5.11 Å². The van der Waals surface area contributed by atoms with Crippen LogP contribution < -0.4 is 0 Å². The van der Waals surface area contributed by atoms with Gasteiger partial charge in [0.05, 0.1) is 0 Å². The Morgan fingerprint density at radius 2 is 2.16 bits per heavy atom. The average molecular weight is 257 g/mol. The van der Waals surface area contributed by atoms with Crippen molar-refractivity contribution in [2.45, 2.75) is 32.7 Å². The number of carboxylic acid groups (broad SMARTS) is 1. The Morgan fingerprint density at radius 1 is 1.37 bits per heavy atom. The maximum Gasteiger partial charge on any atom is 0.325 e. The lowest BCUT2D eigenvalue weighted by Crippen LogP contribution is -2.11. The van der Waals surface area contributed by atoms with Crippen LogP contribution in [0.4, 0.5) is 0 Å². The summed E-state index contributed by atoms with van der Waals surface area (Å²) in [5, 5.41) is 13.1. The van der Waals surface area contributed by atoms with Gasteiger partial charge in [0.15, 0.2) is 5.82 Å². The molecule has 1 aliphatic carbocycles. The lowest BCUT2D eigenvalue weighted by molar-refractivity contribution is -0.137. The molecule has 0 atom stereocenters. The number of carbonyl (C=O) groups is 1. The predicted molar refractivity (Wildman–Crippen MR) is 69.9 cm³/mol. The average Bonchev–Trinajstić information content (AvgIpc) is 2.93. The van der Waals surface area contributed by atoms with Crippen LogP contribution >= 0.6 is 0 Å². The van der Waals surface area contributed by atoms with Crippen molar-refractivity contribution in [2.75, 3.05) is 0 Å². The normalized spacial score (nSPS) is 13.5. The molecule has 0 spiro atoms. The highest BCUT2D eigenvalue weighted by molar-refractivity contribution is 5.68. The number of rotatable bonds is 3. The Hall–Kier alpha value is -2.17. The van der Waals surface area contributed by atoms with E-state index >= 15 is 0 Å². The van der Waals surface area contributed by atoms with Crippen LogP contribution in [-0.4, -0.2) is 25.8 Å². The Bertz CT molecular complexity index is 646. The van der Waals surface area contributed by atoms with E-state index in [1.54, 1.807) is 6.92 Å². The largest absolute Gasteiger partial charge is 0.480 e. The van der Waals surface area contributed by atoms with Gasteiger partial charge in [-0.3, -0.25) is 4.79 Å². The number of aromatic nitrogens is 3. The molecular weight excluding hydrogens is 242 g/mol. The Balaban J connectivity index is 2.04. The third kappa shape index (κ3) is 2.23. The summed E-state index contributed by atoms with van der Waals surface area (Å²) >= 11 is 0. The minimum absolute atomic E-state index is 0.159. The molecule has 1 aromatic heterocycles. The zero-order valence-electron chi connectivity index (χ0n) is 10.8. The lowest BCUT2D eigenvalue weighted by atomic mass is 10.1. The van der Waals surface area contributed by atoms with E-state index in [-0.39, 0.29) is 6.54 Å². The minimum atomic E-state index is -0.910. The first-order valence-electron chi connectivity index (χ1n) is 6.39. The fraction of sp³-hybridized carbons (Fsp3) is 0.357. The molecule has 0 saturated heterocycles. The number of aliphatic carboxylic acids is 1. The topological polar surface area (TPSA) is 68.0 Å². The van der Waals surface area contributed by atoms with Gasteiger partial charge in [0.1, 0.15) is 12.4 Å². The molecule has 0 aliphatic heterocycles. The third-order valence-corrected chi connectivity index (χ3v) is 3.42. The van der Waals surface area contributed by atoms with Crippen molar-refractivity contribution in [3.05, 3.63) is 35.2 Å². The van der Waals surface area contributed by atoms with Crippen molar-refractivity contribution in [1.82, 2.24) is 14.8 Å². The summed E-state index contributed by atoms with van der Waals surface area (Å²) in [6, 6.07) is 6.24. The third-order valence-electron chi connectivity index (χ3n) is 3.42. The van der Waals surface area contributed by atoms with Crippen LogP contribution in [0.2, 0.25) is 0 Å². The van der Waals surface area contributed by atoms with Gasteiger partial charge in [-0.2, -0.15) is 5.10 Å². The fourth-order valence-corrected chi connectivity index (χ4v) is 2.62. The first kappa shape index (κ1) is 11.9. The molecule has 2 aromatic rings. The fourth-order valence-electron chi connectivity index (χ4n) is 2.62. The van der Waals surface area contributed by atoms with Crippen molar-refractivity contribution < 1.29 is 9.90 Å². The van der Waals surface area contributed by atoms with Crippen molar-refractivity contribution in [3.63, 3.8) is 0 Å². The molecule has 5 nitrogen and oxygen atoms in total. The van der Waals surface area contributed by atoms with E-state index < -0.39 is 5.97 Å². The van der Waals surface area contributed by atoms with Crippen LogP contribution in [0.1, 0.15) is 23.4 Å². The lowest BCUT2D eigenvalue weighted by Gasteiger charge is -2.05. The maximum atomic E-state index is 10.9. The van der Waals surface area contributed by atoms with Crippen molar-refractivity contribution >= 4 is 5.97 Å². The number of nitrogens with zero attached hydrogens (tertiary/aromatic N) is 3. The Kier molecular flexibility index (Phi) is 2.81. The van der Waals surface area contributed by atoms with Crippen LogP contribution in [0.5, 0.6) is 0 Å². The molecule has 0 radical (unpaired) electrons. The van der Waals surface area contributed by atoms with Crippen molar-refractivity contribution in [1.29, 1.82) is 0 Å². The molecular formula is C14H15N3O2. The maximum absolute atomic E-state index is 10.9. The SMILES string of the molecule is Cc1nc(-c2ccc3c(c2)CCC3)n(CC(=O)O)n1. The second-order valence-corrected chi connectivity index (χ2v) is 4.87. The van der Waals surface area contributed by atoms with Crippen LogP contribution in [0.15, 0.2) is 18.2 Å². The smallest absolute Gasteiger partial charge is 0.325 e. The Labute approximate surface area is 110 Å². The van der Waals surface area contributed by atoms with Gasteiger partial charge in [0.25, 0.3) is 0 Å². The minimum Gasteiger partial charge on any atom is -0.480 e. The van der Waals surface area contributed by atoms with Crippen LogP contribution in [0.3, 0.4) is 0 Å². The number of hydrogen-bond donors (Lipinski definition) is 1. The van der Waals surface area contributed by atoms with Gasteiger partial charge in [-0.05, 0) is 43.4 Å². The quantitative estimate of drug-likeness (QED) is 0.910. The van der Waals surface area contributed by atoms with E-state index in [2.05, 4.69) is 22.2 Å². The molecule has 19 heavy (non-hydrogen) atoms. The summed E-state index contributed by atoms with van der Waals surface area (Å²) in [6.07, 6.45) is 3.42. The van der Waals surface area contributed by atoms with Gasteiger partial charge in [-0.15, -0.1) is 0 Å². The monoisotopic (exact) mass is 257 g/mol. The van der Waals surface area contributed by atoms with Crippen molar-refractivity contribution in [3.8, 4) is 11.4 Å². The molecule has 0 bridgehead atoms. The van der Waals surface area contributed by atoms with E-state index in [1.165, 1.54) is 22.2 Å². The second kappa shape index (κ2) is 4.50. The van der Waals surface area contributed by atoms with Gasteiger partial charge in [0, 0.05) is 5.56 Å². The van der Waals surface area contributed by atoms with Crippen LogP contribution in [0.25, 0.3) is 11.4 Å². The highest BCUT2D eigenvalue weighted by Crippen LogP contribution is 2.27. The molecule has 1 N–H and O–H groups in total. The molecule has 1 heterocycles. The number of aryl methyl sites for hydroxylation is 3. The number of fused-ring (bicyclic) bond motifs is 1. The van der Waals surface area contributed by atoms with Crippen LogP contribution in [-0.2, 0) is 24.2 Å². The highest BCUT2D eigenvalue weighted by atomic mass is 16.4. The van der Waals surface area contributed by atoms with E-state index in [4.69, 9.17) is 5.11 Å². The van der Waals surface area contributed by atoms with Crippen molar-refractivity contribution in [2.24, 2.45) is 0 Å². The second-order valence-electron chi connectivity index (χ2n) is 4.87. The standard InChI is InChI=1S/C14H15N3O2/c1-9-15-14(17(16-9)8-13(18)19)12-6-5-10-3-2-4-11(10)7-12/h5-7H,2-4,8H2,1H3,(H,18,19). The summed E-state index contributed by atoms with van der Waals surface area (Å²) in [5.41, 5.74) is 3.69. The molecule has 3 rings (SSSR count). The summed E-state index contributed by atoms with van der Waals surface area (Å²) in [6.45, 7) is 1.61. The molecule has 5 heteroatoms. The van der Waals surface area contributed by atoms with Crippen LogP contribution in [0, 0.1) is 6.92 Å². The first-order chi connectivity index (χ1) is 9.13. The summed E-state index contributed by atoms with van der Waals surface area (Å²) in [5.74, 6) is 0.318. The molecule has 1 aromatic carbocycles. The molecule has 0 saturated carbocycles. The number of hydrogen-bond acceptors (Lipinski definition) is 3. The van der Waals surface area contributed by atoms with E-state index in [0.717, 1.165) is 18.4 Å². The van der Waals surface area contributed by atoms with Gasteiger partial charge in [-0.25, -0.2) is 9.67 Å². The highest BCUT2D eigenvalue weighted by Gasteiger charge is 2.16. The summed E-state index contributed by atoms with van der Waals surface area (Å²) < 4.78 is 1.45. The van der Waals surface area contributed by atoms with Gasteiger partial charge in [0.2, 0.25) is 0 Å². The zero-order chi connectivity index (χ0) is 13.4. The summed E-state index contributed by atoms with van der Waals surface area (Å²) in [4.78, 5) is 15.2. The predicted octanol–water partition coefficient (Wildman–Crippen LogP) is 1.83. The van der Waals surface area contributed by atoms with Gasteiger partial charge in [-0.1, -0.05) is 12.1 Å². The number of carboxylic acids is 1. The molecule has 1 aliphatic rings. The van der Waals surface area contributed by atoms with E-state index in [9.17, 15) is 4.79 Å². The molecule has 0 fully saturated rings. The number of benzene rings is 1. The van der Waals surface area contributed by atoms with E-state index in [0.29, 0.717) is 11.6 Å². The molecule has 98 valence electrons.